The van der Waals surface area contributed by atoms with Crippen molar-refractivity contribution in [3.8, 4) is 0 Å². The van der Waals surface area contributed by atoms with Gasteiger partial charge in [0.15, 0.2) is 0 Å². The van der Waals surface area contributed by atoms with Crippen molar-refractivity contribution in [1.29, 1.82) is 0 Å². The fourth-order valence-electron chi connectivity index (χ4n) is 2.85. The minimum atomic E-state index is -0.355. The number of ether oxygens (including phenoxy) is 1. The average molecular weight is 293 g/mol. The van der Waals surface area contributed by atoms with Gasteiger partial charge >= 0.3 is 0 Å². The largest absolute Gasteiger partial charge is 0.384 e. The summed E-state index contributed by atoms with van der Waals surface area (Å²) in [5, 5.41) is 13.8. The molecule has 0 aliphatic carbocycles. The van der Waals surface area contributed by atoms with Crippen molar-refractivity contribution in [2.24, 2.45) is 5.92 Å². The Labute approximate surface area is 125 Å². The summed E-state index contributed by atoms with van der Waals surface area (Å²) in [5.41, 5.74) is 1.81. The molecule has 1 heterocycles. The Morgan fingerprint density at radius 2 is 2.14 bits per heavy atom. The summed E-state index contributed by atoms with van der Waals surface area (Å²) in [6.45, 7) is 3.79. The Kier molecular flexibility index (Phi) is 5.52. The topological polar surface area (TPSA) is 67.6 Å². The zero-order chi connectivity index (χ0) is 15.2. The van der Waals surface area contributed by atoms with E-state index in [9.17, 15) is 10.1 Å². The van der Waals surface area contributed by atoms with Crippen molar-refractivity contribution in [2.75, 3.05) is 39.2 Å². The molecule has 0 bridgehead atoms. The van der Waals surface area contributed by atoms with Gasteiger partial charge in [-0.15, -0.1) is 0 Å². The predicted octanol–water partition coefficient (Wildman–Crippen LogP) is 2.49. The number of benzene rings is 1. The van der Waals surface area contributed by atoms with E-state index in [1.165, 1.54) is 0 Å². The zero-order valence-electron chi connectivity index (χ0n) is 12.7. The molecule has 0 spiro atoms. The van der Waals surface area contributed by atoms with Crippen molar-refractivity contribution >= 4 is 11.4 Å². The Morgan fingerprint density at radius 3 is 2.71 bits per heavy atom. The van der Waals surface area contributed by atoms with E-state index in [1.54, 1.807) is 20.2 Å². The molecule has 0 aromatic heterocycles. The fraction of sp³-hybridized carbons (Fsp3) is 0.600. The zero-order valence-corrected chi connectivity index (χ0v) is 12.7. The van der Waals surface area contributed by atoms with Gasteiger partial charge in [0.2, 0.25) is 0 Å². The van der Waals surface area contributed by atoms with Crippen LogP contribution in [0.2, 0.25) is 0 Å². The molecule has 1 saturated heterocycles. The molecule has 6 heteroatoms. The second kappa shape index (κ2) is 7.38. The number of nitrogens with zero attached hydrogens (tertiary/aromatic N) is 2. The highest BCUT2D eigenvalue weighted by molar-refractivity contribution is 5.62. The molecule has 1 fully saturated rings. The lowest BCUT2D eigenvalue weighted by atomic mass is 9.97. The second-order valence-electron chi connectivity index (χ2n) is 5.53. The molecule has 0 radical (unpaired) electrons. The van der Waals surface area contributed by atoms with Crippen LogP contribution in [-0.4, -0.2) is 43.7 Å². The lowest BCUT2D eigenvalue weighted by Crippen LogP contribution is -2.34. The van der Waals surface area contributed by atoms with Crippen molar-refractivity contribution in [2.45, 2.75) is 19.4 Å². The molecule has 21 heavy (non-hydrogen) atoms. The van der Waals surface area contributed by atoms with Crippen LogP contribution in [-0.2, 0) is 11.3 Å². The third-order valence-electron chi connectivity index (χ3n) is 4.04. The molecule has 0 unspecified atom stereocenters. The number of nitro groups is 1. The number of nitro benzene ring substituents is 1. The van der Waals surface area contributed by atoms with Crippen molar-refractivity contribution in [1.82, 2.24) is 4.90 Å². The highest BCUT2D eigenvalue weighted by atomic mass is 16.6. The first-order valence-corrected chi connectivity index (χ1v) is 7.30. The lowest BCUT2D eigenvalue weighted by molar-refractivity contribution is -0.384. The lowest BCUT2D eigenvalue weighted by Gasteiger charge is -2.31. The van der Waals surface area contributed by atoms with Gasteiger partial charge in [-0.05, 0) is 43.5 Å². The quantitative estimate of drug-likeness (QED) is 0.644. The molecule has 1 N–H and O–H groups in total. The number of piperidine rings is 1. The fourth-order valence-corrected chi connectivity index (χ4v) is 2.85. The summed E-state index contributed by atoms with van der Waals surface area (Å²) in [5.74, 6) is 0.663. The number of anilines is 1. The molecule has 1 aromatic rings. The Morgan fingerprint density at radius 1 is 1.43 bits per heavy atom. The van der Waals surface area contributed by atoms with Crippen LogP contribution in [0.5, 0.6) is 0 Å². The van der Waals surface area contributed by atoms with Crippen molar-refractivity contribution in [3.63, 3.8) is 0 Å². The number of methoxy groups -OCH3 is 1. The van der Waals surface area contributed by atoms with Crippen LogP contribution >= 0.6 is 0 Å². The second-order valence-corrected chi connectivity index (χ2v) is 5.53. The molecule has 116 valence electrons. The van der Waals surface area contributed by atoms with Crippen LogP contribution in [0.15, 0.2) is 18.2 Å². The molecule has 0 atom stereocenters. The number of hydrogen-bond donors (Lipinski definition) is 1. The highest BCUT2D eigenvalue weighted by Crippen LogP contribution is 2.26. The first-order chi connectivity index (χ1) is 10.1. The van der Waals surface area contributed by atoms with Crippen LogP contribution < -0.4 is 5.32 Å². The van der Waals surface area contributed by atoms with Gasteiger partial charge in [-0.3, -0.25) is 15.0 Å². The van der Waals surface area contributed by atoms with Crippen molar-refractivity contribution in [3.05, 3.63) is 33.9 Å². The van der Waals surface area contributed by atoms with Gasteiger partial charge in [0.05, 0.1) is 4.92 Å². The Balaban J connectivity index is 1.96. The van der Waals surface area contributed by atoms with E-state index in [1.807, 2.05) is 12.1 Å². The monoisotopic (exact) mass is 293 g/mol. The minimum Gasteiger partial charge on any atom is -0.384 e. The van der Waals surface area contributed by atoms with E-state index in [4.69, 9.17) is 4.74 Å². The number of rotatable bonds is 6. The van der Waals surface area contributed by atoms with Gasteiger partial charge in [0.25, 0.3) is 5.69 Å². The minimum absolute atomic E-state index is 0.125. The molecule has 0 amide bonds. The standard InChI is InChI=1S/C15H23N3O3/c1-16-14-9-13(3-4-15(14)18(19)20)10-17-7-5-12(6-8-17)11-21-2/h3-4,9,12,16H,5-8,10-11H2,1-2H3. The van der Waals surface area contributed by atoms with Crippen LogP contribution in [0.1, 0.15) is 18.4 Å². The molecule has 0 saturated carbocycles. The summed E-state index contributed by atoms with van der Waals surface area (Å²) in [6, 6.07) is 5.30. The number of nitrogens with one attached hydrogen (secondary N) is 1. The SMILES string of the molecule is CNc1cc(CN2CCC(COC)CC2)ccc1[N+](=O)[O-]. The highest BCUT2D eigenvalue weighted by Gasteiger charge is 2.20. The van der Waals surface area contributed by atoms with Crippen LogP contribution in [0.3, 0.4) is 0 Å². The Bertz CT molecular complexity index is 485. The summed E-state index contributed by atoms with van der Waals surface area (Å²) in [7, 11) is 3.46. The van der Waals surface area contributed by atoms with Crippen LogP contribution in [0, 0.1) is 16.0 Å². The van der Waals surface area contributed by atoms with E-state index in [-0.39, 0.29) is 10.6 Å². The maximum atomic E-state index is 10.9. The Hall–Kier alpha value is -1.66. The van der Waals surface area contributed by atoms with Gasteiger partial charge in [0.1, 0.15) is 5.69 Å². The number of likely N-dealkylation sites (tertiary alicyclic amines) is 1. The maximum Gasteiger partial charge on any atom is 0.292 e. The summed E-state index contributed by atoms with van der Waals surface area (Å²) < 4.78 is 5.21. The average Bonchev–Trinajstić information content (AvgIpc) is 2.49. The molecular formula is C15H23N3O3. The van der Waals surface area contributed by atoms with E-state index in [0.717, 1.165) is 44.6 Å². The smallest absolute Gasteiger partial charge is 0.292 e. The summed E-state index contributed by atoms with van der Waals surface area (Å²) in [4.78, 5) is 13.0. The van der Waals surface area contributed by atoms with E-state index >= 15 is 0 Å². The van der Waals surface area contributed by atoms with E-state index in [2.05, 4.69) is 10.2 Å². The van der Waals surface area contributed by atoms with E-state index < -0.39 is 0 Å². The first kappa shape index (κ1) is 15.7. The molecule has 1 aromatic carbocycles. The van der Waals surface area contributed by atoms with Gasteiger partial charge in [0, 0.05) is 33.4 Å². The molecular weight excluding hydrogens is 270 g/mol. The first-order valence-electron chi connectivity index (χ1n) is 7.30. The van der Waals surface area contributed by atoms with Crippen LogP contribution in [0.25, 0.3) is 0 Å². The van der Waals surface area contributed by atoms with Gasteiger partial charge in [-0.1, -0.05) is 6.07 Å². The van der Waals surface area contributed by atoms with Gasteiger partial charge < -0.3 is 10.1 Å². The van der Waals surface area contributed by atoms with Gasteiger partial charge in [-0.2, -0.15) is 0 Å². The molecule has 1 aliphatic rings. The molecule has 1 aliphatic heterocycles. The summed E-state index contributed by atoms with van der Waals surface area (Å²) >= 11 is 0. The van der Waals surface area contributed by atoms with Gasteiger partial charge in [-0.25, -0.2) is 0 Å². The summed E-state index contributed by atoms with van der Waals surface area (Å²) in [6.07, 6.45) is 2.30. The van der Waals surface area contributed by atoms with E-state index in [0.29, 0.717) is 11.6 Å². The van der Waals surface area contributed by atoms with Crippen LogP contribution in [0.4, 0.5) is 11.4 Å². The third kappa shape index (κ3) is 4.15. The maximum absolute atomic E-state index is 10.9. The number of hydrogen-bond acceptors (Lipinski definition) is 5. The van der Waals surface area contributed by atoms with Crippen molar-refractivity contribution < 1.29 is 9.66 Å². The molecule has 6 nitrogen and oxygen atoms in total. The third-order valence-corrected chi connectivity index (χ3v) is 4.04. The predicted molar refractivity (Wildman–Crippen MR) is 82.5 cm³/mol. The normalized spacial score (nSPS) is 16.9. The molecule has 2 rings (SSSR count).